The third kappa shape index (κ3) is 3.29. The zero-order chi connectivity index (χ0) is 18.1. The maximum atomic E-state index is 13.0. The fraction of sp³-hybridized carbons (Fsp3) is 0. The molecule has 2 aromatic carbocycles. The summed E-state index contributed by atoms with van der Waals surface area (Å²) in [6.07, 6.45) is 1.72. The SMILES string of the molecule is O=S(=O)(Nc1ccc(-c2nc3cccnc3s2)cc1)c1ccc(F)cc1. The molecule has 0 saturated carbocycles. The van der Waals surface area contributed by atoms with E-state index in [1.165, 1.54) is 23.5 Å². The molecule has 0 radical (unpaired) electrons. The highest BCUT2D eigenvalue weighted by atomic mass is 32.2. The molecule has 0 unspecified atom stereocenters. The molecule has 0 fully saturated rings. The lowest BCUT2D eigenvalue weighted by Crippen LogP contribution is -2.12. The Morgan fingerprint density at radius 3 is 2.38 bits per heavy atom. The van der Waals surface area contributed by atoms with Gasteiger partial charge in [0.15, 0.2) is 0 Å². The average Bonchev–Trinajstić information content (AvgIpc) is 3.06. The molecule has 0 spiro atoms. The Morgan fingerprint density at radius 1 is 0.962 bits per heavy atom. The van der Waals surface area contributed by atoms with Crippen molar-refractivity contribution in [3.63, 3.8) is 0 Å². The zero-order valence-electron chi connectivity index (χ0n) is 13.3. The van der Waals surface area contributed by atoms with Crippen LogP contribution >= 0.6 is 11.3 Å². The van der Waals surface area contributed by atoms with E-state index < -0.39 is 15.8 Å². The maximum Gasteiger partial charge on any atom is 0.261 e. The molecular formula is C18H12FN3O2S2. The normalized spacial score (nSPS) is 11.6. The number of fused-ring (bicyclic) bond motifs is 1. The molecular weight excluding hydrogens is 373 g/mol. The smallest absolute Gasteiger partial charge is 0.261 e. The number of hydrogen-bond acceptors (Lipinski definition) is 5. The number of benzene rings is 2. The van der Waals surface area contributed by atoms with Gasteiger partial charge in [-0.3, -0.25) is 4.72 Å². The highest BCUT2D eigenvalue weighted by Crippen LogP contribution is 2.29. The molecule has 2 aromatic heterocycles. The minimum atomic E-state index is -3.77. The van der Waals surface area contributed by atoms with Crippen molar-refractivity contribution >= 4 is 37.4 Å². The predicted molar refractivity (Wildman–Crippen MR) is 100 cm³/mol. The summed E-state index contributed by atoms with van der Waals surface area (Å²) in [7, 11) is -3.77. The van der Waals surface area contributed by atoms with Gasteiger partial charge in [0, 0.05) is 17.4 Å². The standard InChI is InChI=1S/C18H12FN3O2S2/c19-13-5-9-15(10-6-13)26(23,24)22-14-7-3-12(4-8-14)17-21-16-2-1-11-20-18(16)25-17/h1-11,22H. The van der Waals surface area contributed by atoms with Crippen molar-refractivity contribution in [2.24, 2.45) is 0 Å². The van der Waals surface area contributed by atoms with E-state index >= 15 is 0 Å². The first kappa shape index (κ1) is 16.6. The van der Waals surface area contributed by atoms with Gasteiger partial charge >= 0.3 is 0 Å². The summed E-state index contributed by atoms with van der Waals surface area (Å²) in [5.74, 6) is -0.487. The molecule has 5 nitrogen and oxygen atoms in total. The number of nitrogens with zero attached hydrogens (tertiary/aromatic N) is 2. The van der Waals surface area contributed by atoms with Gasteiger partial charge in [-0.25, -0.2) is 22.8 Å². The van der Waals surface area contributed by atoms with Crippen molar-refractivity contribution in [1.82, 2.24) is 9.97 Å². The van der Waals surface area contributed by atoms with Gasteiger partial charge in [0.1, 0.15) is 21.2 Å². The van der Waals surface area contributed by atoms with E-state index in [-0.39, 0.29) is 4.90 Å². The van der Waals surface area contributed by atoms with Gasteiger partial charge < -0.3 is 0 Å². The Morgan fingerprint density at radius 2 is 1.69 bits per heavy atom. The molecule has 8 heteroatoms. The Bertz CT molecular complexity index is 1140. The molecule has 4 rings (SSSR count). The Labute approximate surface area is 153 Å². The van der Waals surface area contributed by atoms with Crippen molar-refractivity contribution in [2.75, 3.05) is 4.72 Å². The summed E-state index contributed by atoms with van der Waals surface area (Å²) in [5, 5.41) is 0.812. The van der Waals surface area contributed by atoms with Crippen molar-refractivity contribution in [3.8, 4) is 10.6 Å². The number of aromatic nitrogens is 2. The molecule has 0 amide bonds. The van der Waals surface area contributed by atoms with Crippen molar-refractivity contribution in [2.45, 2.75) is 4.90 Å². The van der Waals surface area contributed by atoms with Crippen LogP contribution in [0, 0.1) is 5.82 Å². The van der Waals surface area contributed by atoms with Crippen molar-refractivity contribution < 1.29 is 12.8 Å². The van der Waals surface area contributed by atoms with E-state index in [0.717, 1.165) is 33.1 Å². The van der Waals surface area contributed by atoms with Crippen LogP contribution in [0.15, 0.2) is 71.8 Å². The lowest BCUT2D eigenvalue weighted by atomic mass is 10.2. The lowest BCUT2D eigenvalue weighted by molar-refractivity contribution is 0.599. The molecule has 0 aliphatic carbocycles. The second-order valence-electron chi connectivity index (χ2n) is 5.48. The molecule has 2 heterocycles. The van der Waals surface area contributed by atoms with E-state index in [0.29, 0.717) is 5.69 Å². The average molecular weight is 385 g/mol. The number of pyridine rings is 1. The summed E-state index contributed by atoms with van der Waals surface area (Å²) in [5.41, 5.74) is 2.11. The van der Waals surface area contributed by atoms with E-state index in [9.17, 15) is 12.8 Å². The number of nitrogens with one attached hydrogen (secondary N) is 1. The minimum absolute atomic E-state index is 0.000207. The van der Waals surface area contributed by atoms with Crippen LogP contribution < -0.4 is 4.72 Å². The van der Waals surface area contributed by atoms with Gasteiger partial charge in [0.25, 0.3) is 10.0 Å². The monoisotopic (exact) mass is 385 g/mol. The second-order valence-corrected chi connectivity index (χ2v) is 8.14. The first-order chi connectivity index (χ1) is 12.5. The molecule has 1 N–H and O–H groups in total. The third-order valence-corrected chi connectivity index (χ3v) is 6.10. The predicted octanol–water partition coefficient (Wildman–Crippen LogP) is 4.30. The second kappa shape index (κ2) is 6.47. The number of sulfonamides is 1. The lowest BCUT2D eigenvalue weighted by Gasteiger charge is -2.08. The summed E-state index contributed by atoms with van der Waals surface area (Å²) in [6, 6.07) is 15.3. The number of thiazole rings is 1. The van der Waals surface area contributed by atoms with Gasteiger partial charge in [0.2, 0.25) is 0 Å². The van der Waals surface area contributed by atoms with Crippen LogP contribution in [-0.2, 0) is 10.0 Å². The van der Waals surface area contributed by atoms with Crippen LogP contribution in [-0.4, -0.2) is 18.4 Å². The first-order valence-corrected chi connectivity index (χ1v) is 9.92. The molecule has 0 aliphatic rings. The molecule has 0 aliphatic heterocycles. The van der Waals surface area contributed by atoms with Crippen LogP contribution in [0.3, 0.4) is 0 Å². The van der Waals surface area contributed by atoms with Gasteiger partial charge in [-0.2, -0.15) is 0 Å². The van der Waals surface area contributed by atoms with Crippen LogP contribution in [0.5, 0.6) is 0 Å². The summed E-state index contributed by atoms with van der Waals surface area (Å²) in [6.45, 7) is 0. The Kier molecular flexibility index (Phi) is 4.14. The number of hydrogen-bond donors (Lipinski definition) is 1. The molecule has 4 aromatic rings. The summed E-state index contributed by atoms with van der Waals surface area (Å²) < 4.78 is 40.1. The Balaban J connectivity index is 1.58. The van der Waals surface area contributed by atoms with E-state index in [2.05, 4.69) is 14.7 Å². The molecule has 130 valence electrons. The van der Waals surface area contributed by atoms with Crippen LogP contribution in [0.4, 0.5) is 10.1 Å². The van der Waals surface area contributed by atoms with Gasteiger partial charge in [-0.15, -0.1) is 0 Å². The highest BCUT2D eigenvalue weighted by molar-refractivity contribution is 7.92. The number of anilines is 1. The van der Waals surface area contributed by atoms with E-state index in [4.69, 9.17) is 0 Å². The van der Waals surface area contributed by atoms with Crippen LogP contribution in [0.2, 0.25) is 0 Å². The maximum absolute atomic E-state index is 13.0. The molecule has 26 heavy (non-hydrogen) atoms. The topological polar surface area (TPSA) is 72.0 Å². The van der Waals surface area contributed by atoms with E-state index in [1.54, 1.807) is 30.5 Å². The third-order valence-electron chi connectivity index (χ3n) is 3.67. The first-order valence-electron chi connectivity index (χ1n) is 7.62. The highest BCUT2D eigenvalue weighted by Gasteiger charge is 2.14. The van der Waals surface area contributed by atoms with Gasteiger partial charge in [0.05, 0.1) is 4.90 Å². The number of rotatable bonds is 4. The minimum Gasteiger partial charge on any atom is -0.280 e. The molecule has 0 atom stereocenters. The summed E-state index contributed by atoms with van der Waals surface area (Å²) in [4.78, 5) is 9.65. The zero-order valence-corrected chi connectivity index (χ0v) is 14.9. The number of halogens is 1. The van der Waals surface area contributed by atoms with Gasteiger partial charge in [-0.05, 0) is 60.7 Å². The largest absolute Gasteiger partial charge is 0.280 e. The summed E-state index contributed by atoms with van der Waals surface area (Å²) >= 11 is 1.47. The Hall–Kier alpha value is -2.84. The van der Waals surface area contributed by atoms with Crippen molar-refractivity contribution in [1.29, 1.82) is 0 Å². The fourth-order valence-corrected chi connectivity index (χ4v) is 4.37. The van der Waals surface area contributed by atoms with Crippen LogP contribution in [0.25, 0.3) is 20.9 Å². The fourth-order valence-electron chi connectivity index (χ4n) is 2.40. The molecule has 0 bridgehead atoms. The quantitative estimate of drug-likeness (QED) is 0.569. The van der Waals surface area contributed by atoms with Crippen molar-refractivity contribution in [3.05, 3.63) is 72.7 Å². The van der Waals surface area contributed by atoms with E-state index in [1.807, 2.05) is 12.1 Å². The molecule has 0 saturated heterocycles. The van der Waals surface area contributed by atoms with Gasteiger partial charge in [-0.1, -0.05) is 11.3 Å². The van der Waals surface area contributed by atoms with Crippen LogP contribution in [0.1, 0.15) is 0 Å².